The first-order chi connectivity index (χ1) is 11.2. The van der Waals surface area contributed by atoms with E-state index in [9.17, 15) is 4.79 Å². The number of pyridine rings is 1. The molecule has 3 aromatic rings. The molecule has 0 saturated carbocycles. The monoisotopic (exact) mass is 324 g/mol. The van der Waals surface area contributed by atoms with Crippen molar-refractivity contribution in [2.75, 3.05) is 23.3 Å². The average Bonchev–Trinajstić information content (AvgIpc) is 2.89. The van der Waals surface area contributed by atoms with Gasteiger partial charge >= 0.3 is 0 Å². The smallest absolute Gasteiger partial charge is 0.231 e. The topological polar surface area (TPSA) is 58.1 Å². The Bertz CT molecular complexity index is 855. The molecular formula is C17H16N4OS. The quantitative estimate of drug-likeness (QED) is 0.804. The van der Waals surface area contributed by atoms with Gasteiger partial charge in [0.1, 0.15) is 0 Å². The lowest BCUT2D eigenvalue weighted by atomic mass is 10.00. The second-order valence-corrected chi connectivity index (χ2v) is 6.81. The van der Waals surface area contributed by atoms with Gasteiger partial charge in [0.2, 0.25) is 5.91 Å². The molecule has 1 aliphatic heterocycles. The fraction of sp³-hybridized carbons (Fsp3) is 0.235. The number of hydrogen-bond donors (Lipinski definition) is 1. The van der Waals surface area contributed by atoms with Crippen LogP contribution in [0.1, 0.15) is 5.56 Å². The van der Waals surface area contributed by atoms with Gasteiger partial charge in [-0.2, -0.15) is 0 Å². The summed E-state index contributed by atoms with van der Waals surface area (Å²) >= 11 is 1.69. The van der Waals surface area contributed by atoms with Crippen molar-refractivity contribution in [3.05, 3.63) is 48.3 Å². The maximum absolute atomic E-state index is 12.2. The van der Waals surface area contributed by atoms with E-state index in [-0.39, 0.29) is 11.8 Å². The molecule has 0 bridgehead atoms. The molecule has 0 atom stereocenters. The van der Waals surface area contributed by atoms with Gasteiger partial charge in [0.25, 0.3) is 0 Å². The van der Waals surface area contributed by atoms with E-state index in [1.807, 2.05) is 12.1 Å². The Labute approximate surface area is 138 Å². The number of nitrogens with one attached hydrogen (secondary N) is 1. The summed E-state index contributed by atoms with van der Waals surface area (Å²) in [6, 6.07) is 9.94. The van der Waals surface area contributed by atoms with Crippen LogP contribution in [0.4, 0.5) is 10.8 Å². The van der Waals surface area contributed by atoms with Gasteiger partial charge in [-0.05, 0) is 36.8 Å². The van der Waals surface area contributed by atoms with Crippen LogP contribution in [0.25, 0.3) is 10.2 Å². The highest BCUT2D eigenvalue weighted by molar-refractivity contribution is 7.22. The number of aromatic nitrogens is 2. The molecule has 0 radical (unpaired) electrons. The molecular weight excluding hydrogens is 308 g/mol. The number of benzene rings is 1. The number of amides is 1. The number of anilines is 2. The SMILES string of the molecule is Cc1ccc2nc(N3CC(C(=O)Nc4cccnc4)C3)sc2c1. The number of carbonyl (C=O) groups is 1. The van der Waals surface area contributed by atoms with Crippen molar-refractivity contribution in [2.45, 2.75) is 6.92 Å². The van der Waals surface area contributed by atoms with Crippen molar-refractivity contribution in [3.63, 3.8) is 0 Å². The van der Waals surface area contributed by atoms with Crippen LogP contribution in [0.3, 0.4) is 0 Å². The summed E-state index contributed by atoms with van der Waals surface area (Å²) in [5.41, 5.74) is 3.01. The molecule has 3 heterocycles. The summed E-state index contributed by atoms with van der Waals surface area (Å²) in [7, 11) is 0. The van der Waals surface area contributed by atoms with Gasteiger partial charge < -0.3 is 10.2 Å². The highest BCUT2D eigenvalue weighted by Crippen LogP contribution is 2.33. The lowest BCUT2D eigenvalue weighted by Gasteiger charge is -2.37. The van der Waals surface area contributed by atoms with E-state index in [4.69, 9.17) is 0 Å². The van der Waals surface area contributed by atoms with E-state index in [0.717, 1.165) is 16.3 Å². The van der Waals surface area contributed by atoms with Crippen molar-refractivity contribution < 1.29 is 4.79 Å². The Kier molecular flexibility index (Phi) is 3.46. The number of fused-ring (bicyclic) bond motifs is 1. The Morgan fingerprint density at radius 2 is 2.22 bits per heavy atom. The maximum atomic E-state index is 12.2. The number of hydrogen-bond acceptors (Lipinski definition) is 5. The standard InChI is InChI=1S/C17H16N4OS/c1-11-4-5-14-15(7-11)23-17(20-14)21-9-12(10-21)16(22)19-13-3-2-6-18-8-13/h2-8,12H,9-10H2,1H3,(H,19,22). The second-order valence-electron chi connectivity index (χ2n) is 5.80. The van der Waals surface area contributed by atoms with Crippen molar-refractivity contribution in [1.29, 1.82) is 0 Å². The zero-order valence-electron chi connectivity index (χ0n) is 12.7. The number of rotatable bonds is 3. The molecule has 23 heavy (non-hydrogen) atoms. The van der Waals surface area contributed by atoms with Gasteiger partial charge in [-0.25, -0.2) is 4.98 Å². The minimum Gasteiger partial charge on any atom is -0.346 e. The van der Waals surface area contributed by atoms with Gasteiger partial charge in [-0.3, -0.25) is 9.78 Å². The molecule has 0 unspecified atom stereocenters. The molecule has 1 aromatic carbocycles. The molecule has 0 aliphatic carbocycles. The summed E-state index contributed by atoms with van der Waals surface area (Å²) < 4.78 is 1.20. The fourth-order valence-corrected chi connectivity index (χ4v) is 3.72. The van der Waals surface area contributed by atoms with Crippen molar-refractivity contribution in [2.24, 2.45) is 5.92 Å². The first-order valence-corrected chi connectivity index (χ1v) is 8.34. The van der Waals surface area contributed by atoms with Crippen LogP contribution in [0.15, 0.2) is 42.7 Å². The second kappa shape index (κ2) is 5.62. The van der Waals surface area contributed by atoms with Crippen LogP contribution in [-0.2, 0) is 4.79 Å². The van der Waals surface area contributed by atoms with E-state index in [1.165, 1.54) is 10.3 Å². The summed E-state index contributed by atoms with van der Waals surface area (Å²) in [4.78, 5) is 23.0. The van der Waals surface area contributed by atoms with Crippen molar-refractivity contribution in [1.82, 2.24) is 9.97 Å². The molecule has 1 N–H and O–H groups in total. The summed E-state index contributed by atoms with van der Waals surface area (Å²) in [6.07, 6.45) is 3.35. The van der Waals surface area contributed by atoms with E-state index < -0.39 is 0 Å². The molecule has 6 heteroatoms. The third-order valence-corrected chi connectivity index (χ3v) is 5.06. The molecule has 4 rings (SSSR count). The van der Waals surface area contributed by atoms with E-state index >= 15 is 0 Å². The highest BCUT2D eigenvalue weighted by Gasteiger charge is 2.34. The van der Waals surface area contributed by atoms with Gasteiger partial charge in [0.05, 0.1) is 28.0 Å². The largest absolute Gasteiger partial charge is 0.346 e. The third-order valence-electron chi connectivity index (χ3n) is 3.98. The van der Waals surface area contributed by atoms with Crippen LogP contribution in [0.5, 0.6) is 0 Å². The Morgan fingerprint density at radius 3 is 3.00 bits per heavy atom. The average molecular weight is 324 g/mol. The Morgan fingerprint density at radius 1 is 1.35 bits per heavy atom. The van der Waals surface area contributed by atoms with Crippen LogP contribution in [0, 0.1) is 12.8 Å². The molecule has 1 saturated heterocycles. The van der Waals surface area contributed by atoms with Crippen molar-refractivity contribution >= 4 is 38.3 Å². The van der Waals surface area contributed by atoms with Gasteiger partial charge in [0, 0.05) is 19.3 Å². The normalized spacial score (nSPS) is 14.7. The number of aryl methyl sites for hydroxylation is 1. The van der Waals surface area contributed by atoms with Crippen LogP contribution >= 0.6 is 11.3 Å². The van der Waals surface area contributed by atoms with Crippen LogP contribution in [0.2, 0.25) is 0 Å². The van der Waals surface area contributed by atoms with E-state index in [2.05, 4.69) is 45.3 Å². The number of nitrogens with zero attached hydrogens (tertiary/aromatic N) is 3. The Balaban J connectivity index is 1.41. The number of thiazole rings is 1. The molecule has 1 aliphatic rings. The van der Waals surface area contributed by atoms with Gasteiger partial charge in [-0.15, -0.1) is 0 Å². The van der Waals surface area contributed by atoms with Gasteiger partial charge in [0.15, 0.2) is 5.13 Å². The van der Waals surface area contributed by atoms with Crippen LogP contribution in [-0.4, -0.2) is 29.0 Å². The summed E-state index contributed by atoms with van der Waals surface area (Å²) in [6.45, 7) is 3.51. The molecule has 116 valence electrons. The molecule has 1 amide bonds. The molecule has 5 nitrogen and oxygen atoms in total. The first-order valence-electron chi connectivity index (χ1n) is 7.52. The minimum absolute atomic E-state index is 0.00366. The fourth-order valence-electron chi connectivity index (χ4n) is 2.64. The van der Waals surface area contributed by atoms with Crippen molar-refractivity contribution in [3.8, 4) is 0 Å². The third kappa shape index (κ3) is 2.77. The predicted molar refractivity (Wildman–Crippen MR) is 92.9 cm³/mol. The van der Waals surface area contributed by atoms with E-state index in [1.54, 1.807) is 23.7 Å². The zero-order valence-corrected chi connectivity index (χ0v) is 13.5. The van der Waals surface area contributed by atoms with E-state index in [0.29, 0.717) is 13.1 Å². The summed E-state index contributed by atoms with van der Waals surface area (Å²) in [5, 5.41) is 3.90. The minimum atomic E-state index is 0.00366. The maximum Gasteiger partial charge on any atom is 0.231 e. The lowest BCUT2D eigenvalue weighted by molar-refractivity contribution is -0.120. The van der Waals surface area contributed by atoms with Crippen LogP contribution < -0.4 is 10.2 Å². The molecule has 0 spiro atoms. The Hall–Kier alpha value is -2.47. The highest BCUT2D eigenvalue weighted by atomic mass is 32.1. The predicted octanol–water partition coefficient (Wildman–Crippen LogP) is 3.07. The number of carbonyl (C=O) groups excluding carboxylic acids is 1. The van der Waals surface area contributed by atoms with Gasteiger partial charge in [-0.1, -0.05) is 17.4 Å². The lowest BCUT2D eigenvalue weighted by Crippen LogP contribution is -2.52. The molecule has 2 aromatic heterocycles. The zero-order chi connectivity index (χ0) is 15.8. The molecule has 1 fully saturated rings. The first kappa shape index (κ1) is 14.1. The summed E-state index contributed by atoms with van der Waals surface area (Å²) in [5.74, 6) is 0.0511.